The smallest absolute Gasteiger partial charge is 0.349 e. The summed E-state index contributed by atoms with van der Waals surface area (Å²) >= 11 is 0. The van der Waals surface area contributed by atoms with Crippen molar-refractivity contribution < 1.29 is 35.7 Å². The summed E-state index contributed by atoms with van der Waals surface area (Å²) in [5, 5.41) is 5.99. The van der Waals surface area contributed by atoms with Crippen LogP contribution in [0.15, 0.2) is 47.1 Å². The van der Waals surface area contributed by atoms with E-state index in [1.165, 1.54) is 30.5 Å². The van der Waals surface area contributed by atoms with Crippen LogP contribution in [0.3, 0.4) is 0 Å². The Morgan fingerprint density at radius 2 is 1.79 bits per heavy atom. The van der Waals surface area contributed by atoms with E-state index in [0.29, 0.717) is 5.69 Å². The van der Waals surface area contributed by atoms with E-state index < -0.39 is 35.8 Å². The highest BCUT2D eigenvalue weighted by Gasteiger charge is 2.38. The molecule has 0 fully saturated rings. The number of hydrogen-bond donors (Lipinski definition) is 1. The van der Waals surface area contributed by atoms with Gasteiger partial charge in [0.1, 0.15) is 0 Å². The number of carbonyl (C=O) groups is 1. The standard InChI is InChI=1S/C21H18F6N4O2/c1-11(2)18(32)29-16(12-4-3-5-14(8-12)20(22,23)24)9-15-7-6-13(10-28-15)17-30-19(33-31-17)21(25,26)27/h3-8,10-11,16H,9H2,1-2H3,(H,29,32). The normalized spacial score (nSPS) is 13.2. The van der Waals surface area contributed by atoms with Crippen LogP contribution in [0.4, 0.5) is 26.3 Å². The molecule has 0 radical (unpaired) electrons. The number of nitrogens with zero attached hydrogens (tertiary/aromatic N) is 3. The molecule has 0 saturated heterocycles. The predicted octanol–water partition coefficient (Wildman–Crippen LogP) is 5.23. The van der Waals surface area contributed by atoms with Gasteiger partial charge >= 0.3 is 18.2 Å². The topological polar surface area (TPSA) is 80.9 Å². The zero-order chi connectivity index (χ0) is 24.4. The number of nitrogens with one attached hydrogen (secondary N) is 1. The average Bonchev–Trinajstić information content (AvgIpc) is 3.24. The fourth-order valence-electron chi connectivity index (χ4n) is 2.86. The number of amides is 1. The first-order valence-corrected chi connectivity index (χ1v) is 9.68. The largest absolute Gasteiger partial charge is 0.471 e. The average molecular weight is 472 g/mol. The van der Waals surface area contributed by atoms with Gasteiger partial charge in [-0.3, -0.25) is 9.78 Å². The Balaban J connectivity index is 1.86. The van der Waals surface area contributed by atoms with Crippen LogP contribution in [0.5, 0.6) is 0 Å². The quantitative estimate of drug-likeness (QED) is 0.498. The Morgan fingerprint density at radius 3 is 2.33 bits per heavy atom. The molecule has 1 aromatic carbocycles. The molecule has 0 aliphatic rings. The van der Waals surface area contributed by atoms with E-state index in [2.05, 4.69) is 25.0 Å². The Labute approximate surface area is 184 Å². The Kier molecular flexibility index (Phi) is 6.75. The van der Waals surface area contributed by atoms with Crippen molar-refractivity contribution in [2.75, 3.05) is 0 Å². The van der Waals surface area contributed by atoms with Crippen molar-refractivity contribution in [1.82, 2.24) is 20.4 Å². The summed E-state index contributed by atoms with van der Waals surface area (Å²) in [6.07, 6.45) is -8.08. The highest BCUT2D eigenvalue weighted by molar-refractivity contribution is 5.78. The van der Waals surface area contributed by atoms with Gasteiger partial charge in [-0.15, -0.1) is 0 Å². The molecule has 0 aliphatic carbocycles. The monoisotopic (exact) mass is 472 g/mol. The van der Waals surface area contributed by atoms with E-state index in [9.17, 15) is 31.1 Å². The molecule has 2 aromatic heterocycles. The van der Waals surface area contributed by atoms with Gasteiger partial charge in [0.15, 0.2) is 0 Å². The number of pyridine rings is 1. The number of alkyl halides is 6. The van der Waals surface area contributed by atoms with E-state index in [4.69, 9.17) is 0 Å². The molecule has 2 heterocycles. The van der Waals surface area contributed by atoms with Crippen LogP contribution in [-0.4, -0.2) is 21.0 Å². The third kappa shape index (κ3) is 6.08. The molecule has 176 valence electrons. The molecule has 0 spiro atoms. The number of carbonyl (C=O) groups excluding carboxylic acids is 1. The van der Waals surface area contributed by atoms with Gasteiger partial charge in [-0.2, -0.15) is 31.3 Å². The molecule has 0 bridgehead atoms. The molecule has 3 aromatic rings. The van der Waals surface area contributed by atoms with Gasteiger partial charge in [-0.1, -0.05) is 31.1 Å². The first kappa shape index (κ1) is 24.2. The SMILES string of the molecule is CC(C)C(=O)NC(Cc1ccc(-c2noc(C(F)(F)F)n2)cn1)c1cccc(C(F)(F)F)c1. The van der Waals surface area contributed by atoms with E-state index >= 15 is 0 Å². The summed E-state index contributed by atoms with van der Waals surface area (Å²) in [7, 11) is 0. The van der Waals surface area contributed by atoms with Crippen molar-refractivity contribution in [3.05, 3.63) is 65.3 Å². The highest BCUT2D eigenvalue weighted by Crippen LogP contribution is 2.32. The summed E-state index contributed by atoms with van der Waals surface area (Å²) < 4.78 is 81.5. The van der Waals surface area contributed by atoms with E-state index in [1.54, 1.807) is 13.8 Å². The number of halogens is 6. The van der Waals surface area contributed by atoms with Crippen LogP contribution in [0.2, 0.25) is 0 Å². The number of hydrogen-bond acceptors (Lipinski definition) is 5. The van der Waals surface area contributed by atoms with Crippen molar-refractivity contribution in [2.24, 2.45) is 5.92 Å². The first-order chi connectivity index (χ1) is 15.3. The second kappa shape index (κ2) is 9.20. The summed E-state index contributed by atoms with van der Waals surface area (Å²) in [6, 6.07) is 6.64. The summed E-state index contributed by atoms with van der Waals surface area (Å²) in [4.78, 5) is 19.7. The molecule has 0 saturated carbocycles. The maximum absolute atomic E-state index is 13.1. The van der Waals surface area contributed by atoms with Gasteiger partial charge in [0.05, 0.1) is 11.6 Å². The van der Waals surface area contributed by atoms with E-state index in [-0.39, 0.29) is 29.3 Å². The fraction of sp³-hybridized carbons (Fsp3) is 0.333. The van der Waals surface area contributed by atoms with Crippen molar-refractivity contribution in [3.8, 4) is 11.4 Å². The van der Waals surface area contributed by atoms with Crippen molar-refractivity contribution in [1.29, 1.82) is 0 Å². The Bertz CT molecular complexity index is 1110. The molecule has 33 heavy (non-hydrogen) atoms. The van der Waals surface area contributed by atoms with Crippen LogP contribution >= 0.6 is 0 Å². The van der Waals surface area contributed by atoms with Crippen LogP contribution in [-0.2, 0) is 23.6 Å². The summed E-state index contributed by atoms with van der Waals surface area (Å²) in [5.74, 6) is -2.58. The summed E-state index contributed by atoms with van der Waals surface area (Å²) in [6.45, 7) is 3.29. The molecular weight excluding hydrogens is 454 g/mol. The zero-order valence-corrected chi connectivity index (χ0v) is 17.3. The molecule has 0 aliphatic heterocycles. The molecule has 1 N–H and O–H groups in total. The molecule has 1 amide bonds. The van der Waals surface area contributed by atoms with Gasteiger partial charge < -0.3 is 9.84 Å². The third-order valence-corrected chi connectivity index (χ3v) is 4.62. The number of rotatable bonds is 6. The second-order valence-electron chi connectivity index (χ2n) is 7.50. The van der Waals surface area contributed by atoms with Crippen LogP contribution in [0.1, 0.15) is 42.6 Å². The van der Waals surface area contributed by atoms with Gasteiger partial charge in [-0.05, 0) is 29.8 Å². The third-order valence-electron chi connectivity index (χ3n) is 4.62. The Morgan fingerprint density at radius 1 is 1.06 bits per heavy atom. The lowest BCUT2D eigenvalue weighted by Gasteiger charge is -2.21. The van der Waals surface area contributed by atoms with Gasteiger partial charge in [-0.25, -0.2) is 0 Å². The minimum absolute atomic E-state index is 0.0418. The molecular formula is C21H18F6N4O2. The van der Waals surface area contributed by atoms with Crippen LogP contribution < -0.4 is 5.32 Å². The maximum atomic E-state index is 13.1. The lowest BCUT2D eigenvalue weighted by molar-refractivity contribution is -0.159. The van der Waals surface area contributed by atoms with Gasteiger partial charge in [0.2, 0.25) is 11.7 Å². The molecule has 1 unspecified atom stereocenters. The van der Waals surface area contributed by atoms with Crippen molar-refractivity contribution >= 4 is 5.91 Å². The lowest BCUT2D eigenvalue weighted by Crippen LogP contribution is -2.33. The highest BCUT2D eigenvalue weighted by atomic mass is 19.4. The van der Waals surface area contributed by atoms with Crippen LogP contribution in [0.25, 0.3) is 11.4 Å². The zero-order valence-electron chi connectivity index (χ0n) is 17.3. The molecule has 3 rings (SSSR count). The minimum Gasteiger partial charge on any atom is -0.349 e. The Hall–Kier alpha value is -3.44. The van der Waals surface area contributed by atoms with Gasteiger partial charge in [0.25, 0.3) is 0 Å². The predicted molar refractivity (Wildman–Crippen MR) is 103 cm³/mol. The summed E-state index contributed by atoms with van der Waals surface area (Å²) in [5.41, 5.74) is -0.0908. The van der Waals surface area contributed by atoms with E-state index in [0.717, 1.165) is 12.1 Å². The maximum Gasteiger partial charge on any atom is 0.471 e. The van der Waals surface area contributed by atoms with E-state index in [1.807, 2.05) is 0 Å². The molecule has 1 atom stereocenters. The first-order valence-electron chi connectivity index (χ1n) is 9.68. The lowest BCUT2D eigenvalue weighted by atomic mass is 9.98. The molecule has 6 nitrogen and oxygen atoms in total. The fourth-order valence-corrected chi connectivity index (χ4v) is 2.86. The van der Waals surface area contributed by atoms with Crippen molar-refractivity contribution in [2.45, 2.75) is 38.7 Å². The van der Waals surface area contributed by atoms with Gasteiger partial charge in [0, 0.05) is 29.8 Å². The molecule has 12 heteroatoms. The van der Waals surface area contributed by atoms with Crippen LogP contribution in [0, 0.1) is 5.92 Å². The number of benzene rings is 1. The minimum atomic E-state index is -4.79. The number of aromatic nitrogens is 3. The second-order valence-corrected chi connectivity index (χ2v) is 7.50. The van der Waals surface area contributed by atoms with Crippen molar-refractivity contribution in [3.63, 3.8) is 0 Å².